The minimum absolute atomic E-state index is 0.172. The van der Waals surface area contributed by atoms with Crippen LogP contribution in [0.2, 0.25) is 0 Å². The van der Waals surface area contributed by atoms with Gasteiger partial charge in [0.15, 0.2) is 11.9 Å². The first-order valence-corrected chi connectivity index (χ1v) is 10.0. The molecule has 1 saturated heterocycles. The normalized spacial score (nSPS) is 16.6. The van der Waals surface area contributed by atoms with Gasteiger partial charge in [-0.25, -0.2) is 0 Å². The van der Waals surface area contributed by atoms with E-state index in [9.17, 15) is 4.79 Å². The number of rotatable bonds is 4. The predicted molar refractivity (Wildman–Crippen MR) is 112 cm³/mol. The number of carbonyl (C=O) groups is 1. The van der Waals surface area contributed by atoms with Crippen LogP contribution in [-0.2, 0) is 4.74 Å². The molecule has 4 aromatic rings. The Balaban J connectivity index is 1.36. The number of carbonyl (C=O) groups excluding carboxylic acids is 1. The van der Waals surface area contributed by atoms with Crippen LogP contribution in [0.1, 0.15) is 28.1 Å². The second-order valence-corrected chi connectivity index (χ2v) is 7.35. The Kier molecular flexibility index (Phi) is 4.91. The number of fused-ring (bicyclic) bond motifs is 1. The van der Waals surface area contributed by atoms with Gasteiger partial charge in [0.2, 0.25) is 5.82 Å². The number of aryl methyl sites for hydroxylation is 1. The molecule has 0 radical (unpaired) electrons. The molecule has 1 amide bonds. The van der Waals surface area contributed by atoms with Gasteiger partial charge in [0.1, 0.15) is 11.3 Å². The van der Waals surface area contributed by atoms with E-state index in [2.05, 4.69) is 10.1 Å². The van der Waals surface area contributed by atoms with Crippen molar-refractivity contribution in [1.29, 1.82) is 0 Å². The molecule has 1 fully saturated rings. The summed E-state index contributed by atoms with van der Waals surface area (Å²) in [5, 5.41) is 5.00. The summed E-state index contributed by atoms with van der Waals surface area (Å²) >= 11 is 0. The van der Waals surface area contributed by atoms with Crippen LogP contribution in [0.25, 0.3) is 22.4 Å². The van der Waals surface area contributed by atoms with E-state index >= 15 is 0 Å². The number of para-hydroxylation sites is 1. The van der Waals surface area contributed by atoms with Crippen molar-refractivity contribution in [3.05, 3.63) is 65.7 Å². The van der Waals surface area contributed by atoms with Gasteiger partial charge in [-0.05, 0) is 25.1 Å². The van der Waals surface area contributed by atoms with Crippen molar-refractivity contribution in [2.45, 2.75) is 13.0 Å². The highest BCUT2D eigenvalue weighted by Gasteiger charge is 2.32. The van der Waals surface area contributed by atoms with Gasteiger partial charge >= 0.3 is 0 Å². The van der Waals surface area contributed by atoms with E-state index in [0.717, 1.165) is 16.5 Å². The quantitative estimate of drug-likeness (QED) is 0.493. The van der Waals surface area contributed by atoms with Crippen molar-refractivity contribution in [2.75, 3.05) is 26.8 Å². The summed E-state index contributed by atoms with van der Waals surface area (Å²) in [6, 6.07) is 15.0. The average Bonchev–Trinajstić information content (AvgIpc) is 3.44. The molecule has 1 atom stereocenters. The third-order valence-corrected chi connectivity index (χ3v) is 5.44. The van der Waals surface area contributed by atoms with Crippen molar-refractivity contribution in [3.63, 3.8) is 0 Å². The fourth-order valence-corrected chi connectivity index (χ4v) is 3.75. The lowest BCUT2D eigenvalue weighted by Gasteiger charge is -2.30. The summed E-state index contributed by atoms with van der Waals surface area (Å²) in [4.78, 5) is 19.3. The fraction of sp³-hybridized carbons (Fsp3) is 0.261. The van der Waals surface area contributed by atoms with Crippen LogP contribution in [0, 0.1) is 6.92 Å². The zero-order valence-corrected chi connectivity index (χ0v) is 17.2. The van der Waals surface area contributed by atoms with Gasteiger partial charge < -0.3 is 23.3 Å². The molecule has 0 unspecified atom stereocenters. The maximum Gasteiger partial charge on any atom is 0.290 e. The average molecular weight is 419 g/mol. The van der Waals surface area contributed by atoms with Crippen LogP contribution in [-0.4, -0.2) is 47.8 Å². The Morgan fingerprint density at radius 2 is 2.06 bits per heavy atom. The van der Waals surface area contributed by atoms with Crippen LogP contribution in [0.3, 0.4) is 0 Å². The summed E-state index contributed by atoms with van der Waals surface area (Å²) in [5.74, 6) is 1.65. The summed E-state index contributed by atoms with van der Waals surface area (Å²) in [6.07, 6.45) is -0.505. The van der Waals surface area contributed by atoms with E-state index in [1.165, 1.54) is 0 Å². The molecule has 3 heterocycles. The Hall–Kier alpha value is -3.65. The molecule has 2 aromatic carbocycles. The van der Waals surface area contributed by atoms with Gasteiger partial charge in [0.05, 0.1) is 20.3 Å². The molecule has 5 rings (SSSR count). The lowest BCUT2D eigenvalue weighted by molar-refractivity contribution is -0.0374. The number of amides is 1. The van der Waals surface area contributed by atoms with Gasteiger partial charge in [-0.2, -0.15) is 4.98 Å². The number of benzene rings is 2. The van der Waals surface area contributed by atoms with Gasteiger partial charge in [0, 0.05) is 23.1 Å². The van der Waals surface area contributed by atoms with Gasteiger partial charge in [0.25, 0.3) is 11.8 Å². The van der Waals surface area contributed by atoms with Crippen molar-refractivity contribution in [1.82, 2.24) is 15.0 Å². The molecule has 158 valence electrons. The number of morpholine rings is 1. The number of ether oxygens (including phenoxy) is 2. The summed E-state index contributed by atoms with van der Waals surface area (Å²) in [7, 11) is 1.60. The highest BCUT2D eigenvalue weighted by atomic mass is 16.5. The van der Waals surface area contributed by atoms with Crippen molar-refractivity contribution >= 4 is 16.9 Å². The molecule has 8 nitrogen and oxygen atoms in total. The first-order valence-electron chi connectivity index (χ1n) is 10.0. The first kappa shape index (κ1) is 19.3. The topological polar surface area (TPSA) is 90.8 Å². The summed E-state index contributed by atoms with van der Waals surface area (Å²) < 4.78 is 22.4. The number of nitrogens with zero attached hydrogens (tertiary/aromatic N) is 3. The van der Waals surface area contributed by atoms with Crippen LogP contribution in [0.15, 0.2) is 57.5 Å². The standard InChI is InChI=1S/C23H21N3O5/c1-14-17-8-3-4-9-18(17)30-20(14)23(27)26-10-11-29-19(13-26)22-24-21(25-31-22)15-6-5-7-16(12-15)28-2/h3-9,12,19H,10-11,13H2,1-2H3/t19-/m0/s1. The molecule has 2 aromatic heterocycles. The number of aromatic nitrogens is 2. The number of methoxy groups -OCH3 is 1. The minimum atomic E-state index is -0.505. The van der Waals surface area contributed by atoms with Crippen molar-refractivity contribution < 1.29 is 23.2 Å². The second-order valence-electron chi connectivity index (χ2n) is 7.35. The van der Waals surface area contributed by atoms with Crippen LogP contribution >= 0.6 is 0 Å². The van der Waals surface area contributed by atoms with E-state index in [-0.39, 0.29) is 5.91 Å². The fourth-order valence-electron chi connectivity index (χ4n) is 3.75. The zero-order chi connectivity index (χ0) is 21.4. The smallest absolute Gasteiger partial charge is 0.290 e. The van der Waals surface area contributed by atoms with Gasteiger partial charge in [-0.3, -0.25) is 4.79 Å². The van der Waals surface area contributed by atoms with Crippen LogP contribution in [0.5, 0.6) is 5.75 Å². The van der Waals surface area contributed by atoms with Crippen LogP contribution < -0.4 is 4.74 Å². The summed E-state index contributed by atoms with van der Waals surface area (Å²) in [5.41, 5.74) is 2.31. The Morgan fingerprint density at radius 3 is 2.90 bits per heavy atom. The SMILES string of the molecule is COc1cccc(-c2noc([C@@H]3CN(C(=O)c4oc5ccccc5c4C)CCO3)n2)c1. The molecular weight excluding hydrogens is 398 g/mol. The summed E-state index contributed by atoms with van der Waals surface area (Å²) in [6.45, 7) is 3.03. The lowest BCUT2D eigenvalue weighted by Crippen LogP contribution is -2.42. The molecule has 0 N–H and O–H groups in total. The molecule has 0 saturated carbocycles. The van der Waals surface area contributed by atoms with Gasteiger partial charge in [-0.1, -0.05) is 35.5 Å². The third-order valence-electron chi connectivity index (χ3n) is 5.44. The molecule has 1 aliphatic rings. The molecule has 1 aliphatic heterocycles. The highest BCUT2D eigenvalue weighted by Crippen LogP contribution is 2.29. The highest BCUT2D eigenvalue weighted by molar-refractivity contribution is 5.99. The van der Waals surface area contributed by atoms with Crippen molar-refractivity contribution in [2.24, 2.45) is 0 Å². The predicted octanol–water partition coefficient (Wildman–Crippen LogP) is 4.01. The maximum absolute atomic E-state index is 13.2. The minimum Gasteiger partial charge on any atom is -0.497 e. The zero-order valence-electron chi connectivity index (χ0n) is 17.2. The first-order chi connectivity index (χ1) is 15.1. The molecular formula is C23H21N3O5. The monoisotopic (exact) mass is 419 g/mol. The van der Waals surface area contributed by atoms with Gasteiger partial charge in [-0.15, -0.1) is 0 Å². The van der Waals surface area contributed by atoms with E-state index in [1.54, 1.807) is 12.0 Å². The number of hydrogen-bond donors (Lipinski definition) is 0. The van der Waals surface area contributed by atoms with E-state index in [0.29, 0.717) is 48.5 Å². The maximum atomic E-state index is 13.2. The molecule has 8 heteroatoms. The molecule has 31 heavy (non-hydrogen) atoms. The molecule has 0 aliphatic carbocycles. The van der Waals surface area contributed by atoms with Crippen LogP contribution in [0.4, 0.5) is 0 Å². The largest absolute Gasteiger partial charge is 0.497 e. The third kappa shape index (κ3) is 3.55. The number of hydrogen-bond acceptors (Lipinski definition) is 7. The Morgan fingerprint density at radius 1 is 1.19 bits per heavy atom. The van der Waals surface area contributed by atoms with E-state index in [1.807, 2.05) is 55.5 Å². The number of furan rings is 1. The lowest BCUT2D eigenvalue weighted by atomic mass is 10.1. The van der Waals surface area contributed by atoms with Crippen molar-refractivity contribution in [3.8, 4) is 17.1 Å². The Bertz CT molecular complexity index is 1240. The van der Waals surface area contributed by atoms with E-state index in [4.69, 9.17) is 18.4 Å². The Labute approximate surface area is 178 Å². The molecule has 0 bridgehead atoms. The van der Waals surface area contributed by atoms with E-state index < -0.39 is 6.10 Å². The second kappa shape index (κ2) is 7.88. The molecule has 0 spiro atoms.